The molecule has 2 amide bonds. The minimum absolute atomic E-state index is 0.180. The number of pyridine rings is 1. The van der Waals surface area contributed by atoms with E-state index in [9.17, 15) is 14.4 Å². The SMILES string of the molecule is CCOC(=O)c1ccc(C(=O)N2CCCCC2C(=O)Nc2ccc(Cl)c(Cl)c2)nc1C. The zero-order valence-corrected chi connectivity index (χ0v) is 18.8. The van der Waals surface area contributed by atoms with E-state index in [0.29, 0.717) is 40.0 Å². The molecule has 0 saturated carbocycles. The minimum Gasteiger partial charge on any atom is -0.462 e. The maximum atomic E-state index is 13.2. The summed E-state index contributed by atoms with van der Waals surface area (Å²) in [6, 6.07) is 7.20. The number of piperidine rings is 1. The summed E-state index contributed by atoms with van der Waals surface area (Å²) in [6.07, 6.45) is 2.17. The van der Waals surface area contributed by atoms with Crippen LogP contribution in [0.5, 0.6) is 0 Å². The van der Waals surface area contributed by atoms with Gasteiger partial charge >= 0.3 is 5.97 Å². The number of aromatic nitrogens is 1. The molecule has 164 valence electrons. The predicted octanol–water partition coefficient (Wildman–Crippen LogP) is 4.51. The van der Waals surface area contributed by atoms with E-state index < -0.39 is 12.0 Å². The number of amides is 2. The number of rotatable bonds is 5. The number of halogens is 2. The lowest BCUT2D eigenvalue weighted by Crippen LogP contribution is -2.50. The molecule has 9 heteroatoms. The molecule has 0 aliphatic carbocycles. The fourth-order valence-electron chi connectivity index (χ4n) is 3.50. The predicted molar refractivity (Wildman–Crippen MR) is 119 cm³/mol. The van der Waals surface area contributed by atoms with Crippen molar-refractivity contribution < 1.29 is 19.1 Å². The second-order valence-electron chi connectivity index (χ2n) is 7.18. The molecule has 1 aromatic heterocycles. The average molecular weight is 464 g/mol. The van der Waals surface area contributed by atoms with Crippen LogP contribution in [0.2, 0.25) is 10.0 Å². The van der Waals surface area contributed by atoms with Crippen LogP contribution in [0.15, 0.2) is 30.3 Å². The molecule has 1 aliphatic heterocycles. The number of esters is 1. The van der Waals surface area contributed by atoms with Gasteiger partial charge in [0.2, 0.25) is 5.91 Å². The lowest BCUT2D eigenvalue weighted by Gasteiger charge is -2.34. The molecule has 1 N–H and O–H groups in total. The van der Waals surface area contributed by atoms with Crippen LogP contribution in [0, 0.1) is 6.92 Å². The molecular weight excluding hydrogens is 441 g/mol. The van der Waals surface area contributed by atoms with Gasteiger partial charge in [-0.25, -0.2) is 9.78 Å². The molecule has 2 heterocycles. The third-order valence-electron chi connectivity index (χ3n) is 5.05. The van der Waals surface area contributed by atoms with E-state index in [-0.39, 0.29) is 24.1 Å². The molecule has 31 heavy (non-hydrogen) atoms. The highest BCUT2D eigenvalue weighted by molar-refractivity contribution is 6.42. The van der Waals surface area contributed by atoms with Gasteiger partial charge in [-0.3, -0.25) is 9.59 Å². The molecule has 1 aromatic carbocycles. The van der Waals surface area contributed by atoms with Crippen molar-refractivity contribution in [3.8, 4) is 0 Å². The Balaban J connectivity index is 1.78. The molecule has 0 radical (unpaired) electrons. The van der Waals surface area contributed by atoms with Crippen LogP contribution < -0.4 is 5.32 Å². The number of carbonyl (C=O) groups excluding carboxylic acids is 3. The van der Waals surface area contributed by atoms with Crippen LogP contribution in [-0.4, -0.2) is 46.9 Å². The number of hydrogen-bond acceptors (Lipinski definition) is 5. The van der Waals surface area contributed by atoms with Crippen LogP contribution >= 0.6 is 23.2 Å². The normalized spacial score (nSPS) is 16.0. The van der Waals surface area contributed by atoms with Gasteiger partial charge in [-0.1, -0.05) is 23.2 Å². The van der Waals surface area contributed by atoms with E-state index in [4.69, 9.17) is 27.9 Å². The summed E-state index contributed by atoms with van der Waals surface area (Å²) in [5.41, 5.74) is 1.40. The third-order valence-corrected chi connectivity index (χ3v) is 5.79. The van der Waals surface area contributed by atoms with Crippen LogP contribution in [0.25, 0.3) is 0 Å². The summed E-state index contributed by atoms with van der Waals surface area (Å²) in [6.45, 7) is 4.06. The Hall–Kier alpha value is -2.64. The summed E-state index contributed by atoms with van der Waals surface area (Å²) in [4.78, 5) is 43.9. The van der Waals surface area contributed by atoms with Gasteiger partial charge in [0.05, 0.1) is 27.9 Å². The summed E-state index contributed by atoms with van der Waals surface area (Å²) in [7, 11) is 0. The molecular formula is C22H23Cl2N3O4. The van der Waals surface area contributed by atoms with E-state index in [2.05, 4.69) is 10.3 Å². The van der Waals surface area contributed by atoms with Crippen molar-refractivity contribution in [1.29, 1.82) is 0 Å². The van der Waals surface area contributed by atoms with Gasteiger partial charge in [-0.15, -0.1) is 0 Å². The van der Waals surface area contributed by atoms with Crippen molar-refractivity contribution in [2.24, 2.45) is 0 Å². The van der Waals surface area contributed by atoms with Gasteiger partial charge in [0.1, 0.15) is 11.7 Å². The van der Waals surface area contributed by atoms with Gasteiger partial charge in [0.25, 0.3) is 5.91 Å². The standard InChI is InChI=1S/C22H23Cl2N3O4/c1-3-31-22(30)15-8-10-18(25-13(15)2)21(29)27-11-5-4-6-19(27)20(28)26-14-7-9-16(23)17(24)12-14/h7-10,12,19H,3-6,11H2,1-2H3,(H,26,28). The van der Waals surface area contributed by atoms with Crippen molar-refractivity contribution in [2.75, 3.05) is 18.5 Å². The number of aryl methyl sites for hydroxylation is 1. The summed E-state index contributed by atoms with van der Waals surface area (Å²) < 4.78 is 5.00. The molecule has 1 fully saturated rings. The van der Waals surface area contributed by atoms with Crippen LogP contribution in [0.3, 0.4) is 0 Å². The molecule has 1 unspecified atom stereocenters. The smallest absolute Gasteiger partial charge is 0.339 e. The second kappa shape index (κ2) is 10.1. The topological polar surface area (TPSA) is 88.6 Å². The van der Waals surface area contributed by atoms with Gasteiger partial charge in [-0.05, 0) is 63.4 Å². The van der Waals surface area contributed by atoms with E-state index in [0.717, 1.165) is 12.8 Å². The summed E-state index contributed by atoms with van der Waals surface area (Å²) in [5, 5.41) is 3.53. The van der Waals surface area contributed by atoms with Crippen molar-refractivity contribution in [3.63, 3.8) is 0 Å². The Morgan fingerprint density at radius 3 is 2.61 bits per heavy atom. The highest BCUT2D eigenvalue weighted by atomic mass is 35.5. The zero-order chi connectivity index (χ0) is 22.5. The Labute approximate surface area is 190 Å². The first-order valence-electron chi connectivity index (χ1n) is 10.0. The summed E-state index contributed by atoms with van der Waals surface area (Å²) in [5.74, 6) is -1.14. The average Bonchev–Trinajstić information content (AvgIpc) is 2.75. The first kappa shape index (κ1) is 23.0. The second-order valence-corrected chi connectivity index (χ2v) is 7.99. The maximum Gasteiger partial charge on any atom is 0.339 e. The molecule has 0 spiro atoms. The molecule has 2 aromatic rings. The maximum absolute atomic E-state index is 13.2. The van der Waals surface area contributed by atoms with Crippen LogP contribution in [-0.2, 0) is 9.53 Å². The quantitative estimate of drug-likeness (QED) is 0.658. The van der Waals surface area contributed by atoms with Gasteiger partial charge in [-0.2, -0.15) is 0 Å². The fourth-order valence-corrected chi connectivity index (χ4v) is 3.80. The number of hydrogen-bond donors (Lipinski definition) is 1. The number of likely N-dealkylation sites (tertiary alicyclic amines) is 1. The number of anilines is 1. The Morgan fingerprint density at radius 1 is 1.16 bits per heavy atom. The third kappa shape index (κ3) is 5.35. The van der Waals surface area contributed by atoms with Crippen molar-refractivity contribution in [2.45, 2.75) is 39.2 Å². The molecule has 3 rings (SSSR count). The van der Waals surface area contributed by atoms with Gasteiger partial charge in [0.15, 0.2) is 0 Å². The Morgan fingerprint density at radius 2 is 1.94 bits per heavy atom. The highest BCUT2D eigenvalue weighted by Crippen LogP contribution is 2.26. The highest BCUT2D eigenvalue weighted by Gasteiger charge is 2.33. The van der Waals surface area contributed by atoms with Gasteiger partial charge in [0, 0.05) is 12.2 Å². The molecule has 0 bridgehead atoms. The largest absolute Gasteiger partial charge is 0.462 e. The number of benzene rings is 1. The van der Waals surface area contributed by atoms with Crippen LogP contribution in [0.4, 0.5) is 5.69 Å². The molecule has 1 saturated heterocycles. The molecule has 7 nitrogen and oxygen atoms in total. The van der Waals surface area contributed by atoms with E-state index in [1.807, 2.05) is 0 Å². The minimum atomic E-state index is -0.637. The zero-order valence-electron chi connectivity index (χ0n) is 17.3. The summed E-state index contributed by atoms with van der Waals surface area (Å²) >= 11 is 11.9. The van der Waals surface area contributed by atoms with E-state index >= 15 is 0 Å². The van der Waals surface area contributed by atoms with E-state index in [1.165, 1.54) is 17.0 Å². The first-order valence-corrected chi connectivity index (χ1v) is 10.8. The van der Waals surface area contributed by atoms with Gasteiger partial charge < -0.3 is 15.0 Å². The number of nitrogens with one attached hydrogen (secondary N) is 1. The Kier molecular flexibility index (Phi) is 7.51. The van der Waals surface area contributed by atoms with Crippen molar-refractivity contribution in [1.82, 2.24) is 9.88 Å². The van der Waals surface area contributed by atoms with E-state index in [1.54, 1.807) is 32.0 Å². The fraction of sp³-hybridized carbons (Fsp3) is 0.364. The van der Waals surface area contributed by atoms with Crippen LogP contribution in [0.1, 0.15) is 52.7 Å². The number of nitrogens with zero attached hydrogens (tertiary/aromatic N) is 2. The monoisotopic (exact) mass is 463 g/mol. The first-order chi connectivity index (χ1) is 14.8. The lowest BCUT2D eigenvalue weighted by atomic mass is 10.0. The van der Waals surface area contributed by atoms with Crippen molar-refractivity contribution in [3.05, 3.63) is 57.3 Å². The lowest BCUT2D eigenvalue weighted by molar-refractivity contribution is -0.121. The number of carbonyl (C=O) groups is 3. The molecule has 1 aliphatic rings. The number of ether oxygens (including phenoxy) is 1. The molecule has 1 atom stereocenters. The van der Waals surface area contributed by atoms with Crippen molar-refractivity contribution >= 4 is 46.7 Å². The Bertz CT molecular complexity index is 1010.